The number of benzene rings is 2. The summed E-state index contributed by atoms with van der Waals surface area (Å²) in [5, 5.41) is 3.20. The second kappa shape index (κ2) is 11.8. The zero-order valence-corrected chi connectivity index (χ0v) is 23.0. The summed E-state index contributed by atoms with van der Waals surface area (Å²) in [7, 11) is 1.91. The molecule has 0 saturated heterocycles. The highest BCUT2D eigenvalue weighted by molar-refractivity contribution is 5.98. The molecule has 2 saturated carbocycles. The summed E-state index contributed by atoms with van der Waals surface area (Å²) in [6, 6.07) is 12.6. The van der Waals surface area contributed by atoms with E-state index in [0.29, 0.717) is 11.6 Å². The van der Waals surface area contributed by atoms with Gasteiger partial charge in [0.1, 0.15) is 5.78 Å². The first-order valence-corrected chi connectivity index (χ1v) is 14.2. The van der Waals surface area contributed by atoms with Crippen LogP contribution in [0.15, 0.2) is 36.4 Å². The Morgan fingerprint density at radius 2 is 1.42 bits per heavy atom. The van der Waals surface area contributed by atoms with Crippen LogP contribution in [0.5, 0.6) is 0 Å². The largest absolute Gasteiger partial charge is 0.388 e. The van der Waals surface area contributed by atoms with Gasteiger partial charge in [0, 0.05) is 36.1 Å². The van der Waals surface area contributed by atoms with Crippen molar-refractivity contribution in [3.63, 3.8) is 0 Å². The number of carbonyl (C=O) groups is 2. The highest BCUT2D eigenvalue weighted by atomic mass is 16.1. The lowest BCUT2D eigenvalue weighted by Crippen LogP contribution is -2.32. The van der Waals surface area contributed by atoms with Crippen molar-refractivity contribution in [2.45, 2.75) is 85.5 Å². The van der Waals surface area contributed by atoms with E-state index in [1.165, 1.54) is 35.1 Å². The molecule has 1 atom stereocenters. The van der Waals surface area contributed by atoms with E-state index in [9.17, 15) is 9.59 Å². The van der Waals surface area contributed by atoms with Crippen LogP contribution in [-0.4, -0.2) is 18.6 Å². The average molecular weight is 488 g/mol. The van der Waals surface area contributed by atoms with Crippen LogP contribution in [-0.2, 0) is 11.2 Å². The normalized spacial score (nSPS) is 25.2. The third-order valence-corrected chi connectivity index (χ3v) is 9.28. The lowest BCUT2D eigenvalue weighted by atomic mass is 9.67. The van der Waals surface area contributed by atoms with Gasteiger partial charge in [0.05, 0.1) is 0 Å². The smallest absolute Gasteiger partial charge is 0.166 e. The van der Waals surface area contributed by atoms with Gasteiger partial charge < -0.3 is 5.32 Å². The van der Waals surface area contributed by atoms with Gasteiger partial charge in [-0.25, -0.2) is 0 Å². The summed E-state index contributed by atoms with van der Waals surface area (Å²) in [6.07, 6.45) is 9.67. The first-order valence-electron chi connectivity index (χ1n) is 14.2. The molecule has 0 aromatic heterocycles. The fourth-order valence-corrected chi connectivity index (χ4v) is 6.92. The predicted molar refractivity (Wildman–Crippen MR) is 150 cm³/mol. The molecule has 3 heteroatoms. The summed E-state index contributed by atoms with van der Waals surface area (Å²) in [4.78, 5) is 26.4. The highest BCUT2D eigenvalue weighted by Gasteiger charge is 2.35. The molecule has 194 valence electrons. The molecule has 2 aromatic rings. The Labute approximate surface area is 218 Å². The molecule has 2 aliphatic rings. The Hall–Kier alpha value is -2.42. The van der Waals surface area contributed by atoms with E-state index < -0.39 is 0 Å². The minimum Gasteiger partial charge on any atom is -0.388 e. The summed E-state index contributed by atoms with van der Waals surface area (Å²) in [5.41, 5.74) is 6.97. The number of hydrogen-bond acceptors (Lipinski definition) is 3. The fourth-order valence-electron chi connectivity index (χ4n) is 6.92. The van der Waals surface area contributed by atoms with Crippen LogP contribution in [0.4, 0.5) is 5.69 Å². The van der Waals surface area contributed by atoms with Crippen molar-refractivity contribution in [1.82, 2.24) is 0 Å². The van der Waals surface area contributed by atoms with E-state index in [-0.39, 0.29) is 17.8 Å². The third kappa shape index (κ3) is 6.10. The topological polar surface area (TPSA) is 46.2 Å². The number of anilines is 1. The molecule has 0 radical (unpaired) electrons. The zero-order chi connectivity index (χ0) is 25.8. The number of aryl methyl sites for hydroxylation is 3. The van der Waals surface area contributed by atoms with Crippen LogP contribution in [0.3, 0.4) is 0 Å². The number of carbonyl (C=O) groups excluding carboxylic acids is 2. The number of nitrogens with one attached hydrogen (secondary N) is 1. The van der Waals surface area contributed by atoms with E-state index in [4.69, 9.17) is 0 Å². The minimum atomic E-state index is 0.0969. The fraction of sp³-hybridized carbons (Fsp3) is 0.576. The average Bonchev–Trinajstić information content (AvgIpc) is 2.90. The molecule has 0 amide bonds. The molecule has 3 nitrogen and oxygen atoms in total. The van der Waals surface area contributed by atoms with Gasteiger partial charge >= 0.3 is 0 Å². The van der Waals surface area contributed by atoms with Gasteiger partial charge in [-0.1, -0.05) is 42.8 Å². The number of ketones is 2. The Kier molecular flexibility index (Phi) is 8.70. The molecule has 4 rings (SSSR count). The van der Waals surface area contributed by atoms with Gasteiger partial charge in [-0.05, 0) is 113 Å². The second-order valence-electron chi connectivity index (χ2n) is 11.8. The van der Waals surface area contributed by atoms with E-state index in [1.807, 2.05) is 25.2 Å². The van der Waals surface area contributed by atoms with Gasteiger partial charge in [-0.3, -0.25) is 9.59 Å². The Morgan fingerprint density at radius 1 is 0.806 bits per heavy atom. The molecule has 0 spiro atoms. The molecule has 2 aromatic carbocycles. The molecule has 36 heavy (non-hydrogen) atoms. The number of hydrogen-bond donors (Lipinski definition) is 1. The van der Waals surface area contributed by atoms with E-state index in [0.717, 1.165) is 68.0 Å². The Bertz CT molecular complexity index is 1070. The molecule has 2 aliphatic carbocycles. The van der Waals surface area contributed by atoms with Crippen LogP contribution in [0.2, 0.25) is 0 Å². The maximum atomic E-state index is 13.2. The van der Waals surface area contributed by atoms with E-state index in [2.05, 4.69) is 51.2 Å². The van der Waals surface area contributed by atoms with Crippen molar-refractivity contribution in [3.05, 3.63) is 64.2 Å². The molecule has 0 heterocycles. The van der Waals surface area contributed by atoms with Gasteiger partial charge in [0.25, 0.3) is 0 Å². The molecule has 1 N–H and O–H groups in total. The van der Waals surface area contributed by atoms with Crippen molar-refractivity contribution >= 4 is 17.3 Å². The number of rotatable bonds is 8. The van der Waals surface area contributed by atoms with Crippen molar-refractivity contribution in [2.24, 2.45) is 29.6 Å². The maximum absolute atomic E-state index is 13.2. The summed E-state index contributed by atoms with van der Waals surface area (Å²) >= 11 is 0. The summed E-state index contributed by atoms with van der Waals surface area (Å²) < 4.78 is 0. The van der Waals surface area contributed by atoms with Crippen molar-refractivity contribution in [1.29, 1.82) is 0 Å². The molecule has 2 fully saturated rings. The summed E-state index contributed by atoms with van der Waals surface area (Å²) in [6.45, 7) is 8.48. The van der Waals surface area contributed by atoms with Gasteiger partial charge in [0.2, 0.25) is 0 Å². The first kappa shape index (κ1) is 26.6. The van der Waals surface area contributed by atoms with Crippen LogP contribution in [0.25, 0.3) is 0 Å². The molecular weight excluding hydrogens is 442 g/mol. The third-order valence-electron chi connectivity index (χ3n) is 9.28. The Morgan fingerprint density at radius 3 is 2.00 bits per heavy atom. The Balaban J connectivity index is 1.24. The van der Waals surface area contributed by atoms with Crippen LogP contribution in [0, 0.1) is 50.4 Å². The van der Waals surface area contributed by atoms with Gasteiger partial charge in [-0.2, -0.15) is 0 Å². The van der Waals surface area contributed by atoms with Gasteiger partial charge in [0.15, 0.2) is 5.78 Å². The highest BCUT2D eigenvalue weighted by Crippen LogP contribution is 2.42. The van der Waals surface area contributed by atoms with Crippen LogP contribution in [0.1, 0.15) is 90.9 Å². The summed E-state index contributed by atoms with van der Waals surface area (Å²) in [5.74, 6) is 2.75. The van der Waals surface area contributed by atoms with E-state index in [1.54, 1.807) is 0 Å². The lowest BCUT2D eigenvalue weighted by molar-refractivity contribution is -0.127. The second-order valence-corrected chi connectivity index (χ2v) is 11.8. The molecule has 0 aliphatic heterocycles. The van der Waals surface area contributed by atoms with Crippen LogP contribution >= 0.6 is 0 Å². The minimum absolute atomic E-state index is 0.0969. The van der Waals surface area contributed by atoms with Crippen molar-refractivity contribution in [3.8, 4) is 0 Å². The monoisotopic (exact) mass is 487 g/mol. The van der Waals surface area contributed by atoms with E-state index >= 15 is 0 Å². The number of Topliss-reactive ketones (excluding diaryl/α,β-unsaturated/α-hetero) is 2. The quantitative estimate of drug-likeness (QED) is 0.385. The lowest BCUT2D eigenvalue weighted by Gasteiger charge is -2.37. The molecular formula is C33H45NO2. The predicted octanol–water partition coefficient (Wildman–Crippen LogP) is 7.90. The zero-order valence-electron chi connectivity index (χ0n) is 23.0. The van der Waals surface area contributed by atoms with Crippen LogP contribution < -0.4 is 5.32 Å². The first-order chi connectivity index (χ1) is 17.3. The molecule has 1 unspecified atom stereocenters. The SMILES string of the molecule is CNc1cc(C(=O)C2CCC(C3CCC(C(=O)C(C)Cc4ccc(C)cc4C)CC3)CC2)ccc1C. The van der Waals surface area contributed by atoms with Crippen molar-refractivity contribution in [2.75, 3.05) is 12.4 Å². The van der Waals surface area contributed by atoms with Crippen molar-refractivity contribution < 1.29 is 9.59 Å². The molecule has 0 bridgehead atoms. The maximum Gasteiger partial charge on any atom is 0.166 e. The van der Waals surface area contributed by atoms with Gasteiger partial charge in [-0.15, -0.1) is 0 Å². The standard InChI is InChI=1S/C33H45NO2/c1-21-6-8-29(23(3)18-21)19-24(4)32(35)27-14-10-25(11-15-27)26-12-16-28(17-13-26)33(36)30-9-7-22(2)31(20-30)34-5/h6-9,18,20,24-28,34H,10-17,19H2,1-5H3.